The molecule has 4 aromatic rings. The lowest BCUT2D eigenvalue weighted by atomic mass is 9.80. The normalized spacial score (nSPS) is 14.3. The highest BCUT2D eigenvalue weighted by molar-refractivity contribution is 6.08. The summed E-state index contributed by atoms with van der Waals surface area (Å²) in [5.41, 5.74) is 2.99. The van der Waals surface area contributed by atoms with E-state index in [0.717, 1.165) is 36.2 Å². The van der Waals surface area contributed by atoms with Gasteiger partial charge in [-0.05, 0) is 77.9 Å². The zero-order valence-electron chi connectivity index (χ0n) is 25.1. The molecule has 0 aromatic heterocycles. The molecule has 10 heteroatoms. The first-order valence-corrected chi connectivity index (χ1v) is 14.9. The lowest BCUT2D eigenvalue weighted by molar-refractivity contribution is -0.159. The van der Waals surface area contributed by atoms with E-state index in [4.69, 9.17) is 4.74 Å². The number of nitrogens with one attached hydrogen (secondary N) is 1. The second-order valence-corrected chi connectivity index (χ2v) is 11.0. The smallest absolute Gasteiger partial charge is 0.416 e. The van der Waals surface area contributed by atoms with Crippen molar-refractivity contribution in [3.63, 3.8) is 0 Å². The zero-order chi connectivity index (χ0) is 32.7. The number of carbonyl (C=O) groups excluding carboxylic acids is 3. The van der Waals surface area contributed by atoms with Gasteiger partial charge in [0.25, 0.3) is 5.91 Å². The maximum absolute atomic E-state index is 13.2. The van der Waals surface area contributed by atoms with Crippen molar-refractivity contribution < 1.29 is 37.0 Å². The molecule has 1 unspecified atom stereocenters. The van der Waals surface area contributed by atoms with Gasteiger partial charge in [-0.15, -0.1) is 0 Å². The Hall–Kier alpha value is -5.12. The molecule has 0 spiro atoms. The van der Waals surface area contributed by atoms with Crippen molar-refractivity contribution in [2.45, 2.75) is 24.9 Å². The fraction of sp³-hybridized carbons (Fsp3) is 0.250. The Morgan fingerprint density at radius 1 is 0.848 bits per heavy atom. The topological polar surface area (TPSA) is 84.9 Å². The molecule has 1 amide bonds. The molecule has 7 nitrogen and oxygen atoms in total. The van der Waals surface area contributed by atoms with Gasteiger partial charge >= 0.3 is 18.1 Å². The van der Waals surface area contributed by atoms with Gasteiger partial charge in [-0.25, -0.2) is 4.79 Å². The van der Waals surface area contributed by atoms with Crippen LogP contribution in [0, 0.1) is 5.92 Å². The Bertz CT molecular complexity index is 1650. The van der Waals surface area contributed by atoms with Crippen LogP contribution in [0.25, 0.3) is 11.1 Å². The predicted molar refractivity (Wildman–Crippen MR) is 168 cm³/mol. The number of nitrogens with zero attached hydrogens (tertiary/aromatic N) is 1. The molecule has 1 N–H and O–H groups in total. The molecule has 5 rings (SSSR count). The van der Waals surface area contributed by atoms with E-state index in [0.29, 0.717) is 35.5 Å². The van der Waals surface area contributed by atoms with Crippen LogP contribution in [-0.4, -0.2) is 44.7 Å². The minimum Gasteiger partial charge on any atom is -0.466 e. The minimum atomic E-state index is -4.44. The van der Waals surface area contributed by atoms with Crippen LogP contribution in [0.4, 0.5) is 24.5 Å². The molecule has 1 saturated heterocycles. The van der Waals surface area contributed by atoms with Crippen LogP contribution >= 0.6 is 0 Å². The summed E-state index contributed by atoms with van der Waals surface area (Å²) in [6.45, 7) is 0.968. The van der Waals surface area contributed by atoms with Gasteiger partial charge < -0.3 is 19.7 Å². The fourth-order valence-corrected chi connectivity index (χ4v) is 5.76. The highest BCUT2D eigenvalue weighted by Crippen LogP contribution is 2.36. The maximum Gasteiger partial charge on any atom is 0.416 e. The third-order valence-corrected chi connectivity index (χ3v) is 8.17. The number of hydrogen-bond donors (Lipinski definition) is 1. The molecule has 238 valence electrons. The average molecular weight is 631 g/mol. The van der Waals surface area contributed by atoms with Crippen molar-refractivity contribution in [3.8, 4) is 11.1 Å². The first-order chi connectivity index (χ1) is 22.1. The summed E-state index contributed by atoms with van der Waals surface area (Å²) in [4.78, 5) is 40.1. The Kier molecular flexibility index (Phi) is 10.0. The lowest BCUT2D eigenvalue weighted by Crippen LogP contribution is -2.38. The van der Waals surface area contributed by atoms with Crippen LogP contribution in [0.1, 0.15) is 40.2 Å². The maximum atomic E-state index is 13.2. The number of piperidine rings is 1. The average Bonchev–Trinajstić information content (AvgIpc) is 3.08. The van der Waals surface area contributed by atoms with Crippen molar-refractivity contribution in [1.29, 1.82) is 0 Å². The second-order valence-electron chi connectivity index (χ2n) is 11.0. The van der Waals surface area contributed by atoms with Crippen LogP contribution in [-0.2, 0) is 25.2 Å². The van der Waals surface area contributed by atoms with Crippen molar-refractivity contribution >= 4 is 29.2 Å². The van der Waals surface area contributed by atoms with E-state index in [1.54, 1.807) is 36.4 Å². The van der Waals surface area contributed by atoms with Crippen molar-refractivity contribution in [1.82, 2.24) is 0 Å². The molecule has 1 aliphatic rings. The van der Waals surface area contributed by atoms with E-state index in [-0.39, 0.29) is 11.8 Å². The monoisotopic (exact) mass is 630 g/mol. The predicted octanol–water partition coefficient (Wildman–Crippen LogP) is 7.34. The van der Waals surface area contributed by atoms with Crippen LogP contribution in [0.5, 0.6) is 0 Å². The second kappa shape index (κ2) is 14.3. The summed E-state index contributed by atoms with van der Waals surface area (Å²) in [5, 5.41) is 2.89. The number of halogens is 3. The number of carbonyl (C=O) groups is 3. The van der Waals surface area contributed by atoms with Gasteiger partial charge in [-0.1, -0.05) is 60.7 Å². The van der Waals surface area contributed by atoms with Crippen LogP contribution in [0.15, 0.2) is 103 Å². The molecule has 0 saturated carbocycles. The molecule has 1 aliphatic heterocycles. The minimum absolute atomic E-state index is 0.0205. The third-order valence-electron chi connectivity index (χ3n) is 8.17. The number of amides is 1. The Balaban J connectivity index is 1.22. The van der Waals surface area contributed by atoms with Crippen LogP contribution < -0.4 is 10.2 Å². The standard InChI is InChI=1S/C36H33F3N2O5/c1-45-32(42)23-46-35(44)33(25-7-3-2-4-8-25)26-19-21-41(22-20-26)29-17-15-28(16-18-29)40-34(43)31-10-6-5-9-30(31)24-11-13-27(14-12-24)36(37,38)39/h2-18,26,33H,19-23H2,1H3,(H,40,43). The highest BCUT2D eigenvalue weighted by atomic mass is 19.4. The van der Waals surface area contributed by atoms with E-state index in [1.165, 1.54) is 19.2 Å². The molecule has 0 bridgehead atoms. The number of rotatable bonds is 9. The third kappa shape index (κ3) is 7.74. The van der Waals surface area contributed by atoms with E-state index in [1.807, 2.05) is 42.5 Å². The first kappa shape index (κ1) is 32.3. The van der Waals surface area contributed by atoms with Gasteiger partial charge in [0.15, 0.2) is 6.61 Å². The first-order valence-electron chi connectivity index (χ1n) is 14.9. The Morgan fingerprint density at radius 2 is 1.48 bits per heavy atom. The fourth-order valence-electron chi connectivity index (χ4n) is 5.76. The van der Waals surface area contributed by atoms with Crippen molar-refractivity contribution in [3.05, 3.63) is 120 Å². The summed E-state index contributed by atoms with van der Waals surface area (Å²) in [7, 11) is 1.24. The van der Waals surface area contributed by atoms with Gasteiger partial charge in [0.1, 0.15) is 0 Å². The number of methoxy groups -OCH3 is 1. The number of hydrogen-bond acceptors (Lipinski definition) is 6. The van der Waals surface area contributed by atoms with E-state index in [9.17, 15) is 27.6 Å². The molecule has 1 atom stereocenters. The molecular formula is C36H33F3N2O5. The highest BCUT2D eigenvalue weighted by Gasteiger charge is 2.34. The summed E-state index contributed by atoms with van der Waals surface area (Å²) in [5.74, 6) is -1.92. The SMILES string of the molecule is COC(=O)COC(=O)C(c1ccccc1)C1CCN(c2ccc(NC(=O)c3ccccc3-c3ccc(C(F)(F)F)cc3)cc2)CC1. The quantitative estimate of drug-likeness (QED) is 0.195. The molecule has 0 aliphatic carbocycles. The van der Waals surface area contributed by atoms with Crippen LogP contribution in [0.2, 0.25) is 0 Å². The van der Waals surface area contributed by atoms with Crippen molar-refractivity contribution in [2.75, 3.05) is 37.0 Å². The molecule has 1 heterocycles. The number of alkyl halides is 3. The van der Waals surface area contributed by atoms with E-state index in [2.05, 4.69) is 15.0 Å². The van der Waals surface area contributed by atoms with Gasteiger partial charge in [0.05, 0.1) is 18.6 Å². The lowest BCUT2D eigenvalue weighted by Gasteiger charge is -2.36. The van der Waals surface area contributed by atoms with E-state index >= 15 is 0 Å². The zero-order valence-corrected chi connectivity index (χ0v) is 25.1. The molecule has 1 fully saturated rings. The number of ether oxygens (including phenoxy) is 2. The Morgan fingerprint density at radius 3 is 2.11 bits per heavy atom. The number of esters is 2. The van der Waals surface area contributed by atoms with Crippen LogP contribution in [0.3, 0.4) is 0 Å². The van der Waals surface area contributed by atoms with Gasteiger partial charge in [0, 0.05) is 30.0 Å². The van der Waals surface area contributed by atoms with Gasteiger partial charge in [0.2, 0.25) is 0 Å². The molecular weight excluding hydrogens is 597 g/mol. The largest absolute Gasteiger partial charge is 0.466 e. The molecule has 0 radical (unpaired) electrons. The van der Waals surface area contributed by atoms with Crippen molar-refractivity contribution in [2.24, 2.45) is 5.92 Å². The summed E-state index contributed by atoms with van der Waals surface area (Å²) >= 11 is 0. The number of benzene rings is 4. The van der Waals surface area contributed by atoms with Gasteiger partial charge in [-0.2, -0.15) is 13.2 Å². The molecule has 46 heavy (non-hydrogen) atoms. The molecule has 4 aromatic carbocycles. The van der Waals surface area contributed by atoms with Gasteiger partial charge in [-0.3, -0.25) is 9.59 Å². The summed E-state index contributed by atoms with van der Waals surface area (Å²) < 4.78 is 49.0. The summed E-state index contributed by atoms with van der Waals surface area (Å²) in [6, 6.07) is 28.4. The van der Waals surface area contributed by atoms with E-state index < -0.39 is 36.2 Å². The summed E-state index contributed by atoms with van der Waals surface area (Å²) in [6.07, 6.45) is -2.99. The Labute approximate surface area is 264 Å². The number of anilines is 2.